The fourth-order valence-electron chi connectivity index (χ4n) is 2.70. The Morgan fingerprint density at radius 2 is 1.65 bits per heavy atom. The van der Waals surface area contributed by atoms with Crippen molar-refractivity contribution in [2.24, 2.45) is 0 Å². The first-order valence-corrected chi connectivity index (χ1v) is 10.8. The summed E-state index contributed by atoms with van der Waals surface area (Å²) >= 11 is 1.07. The van der Waals surface area contributed by atoms with Crippen molar-refractivity contribution in [3.8, 4) is 22.8 Å². The lowest BCUT2D eigenvalue weighted by Crippen LogP contribution is -2.20. The number of hydrogen-bond donors (Lipinski definition) is 1. The lowest BCUT2D eigenvalue weighted by Gasteiger charge is -2.11. The Morgan fingerprint density at radius 3 is 2.32 bits per heavy atom. The molecule has 0 saturated carbocycles. The number of para-hydroxylation sites is 2. The van der Waals surface area contributed by atoms with Crippen molar-refractivity contribution in [2.75, 3.05) is 25.1 Å². The molecule has 1 heterocycles. The lowest BCUT2D eigenvalue weighted by atomic mass is 10.1. The average Bonchev–Trinajstić information content (AvgIpc) is 3.21. The zero-order valence-corrected chi connectivity index (χ0v) is 18.2. The number of amides is 1. The Bertz CT molecular complexity index is 1020. The summed E-state index contributed by atoms with van der Waals surface area (Å²) in [5.74, 6) is 0.205. The number of aromatic nitrogens is 1. The van der Waals surface area contributed by atoms with Crippen LogP contribution in [-0.4, -0.2) is 36.7 Å². The van der Waals surface area contributed by atoms with Crippen molar-refractivity contribution in [3.05, 3.63) is 59.5 Å². The van der Waals surface area contributed by atoms with Crippen LogP contribution in [0.5, 0.6) is 11.5 Å². The molecule has 0 fully saturated rings. The Balaban J connectivity index is 1.71. The van der Waals surface area contributed by atoms with Gasteiger partial charge in [-0.15, -0.1) is 0 Å². The summed E-state index contributed by atoms with van der Waals surface area (Å²) in [6.45, 7) is 4.34. The number of hydrogen-bond acceptors (Lipinski definition) is 7. The van der Waals surface area contributed by atoms with Gasteiger partial charge in [0.05, 0.1) is 18.9 Å². The number of esters is 1. The van der Waals surface area contributed by atoms with Crippen molar-refractivity contribution in [1.29, 1.82) is 0 Å². The molecule has 3 rings (SSSR count). The number of rotatable bonds is 10. The van der Waals surface area contributed by atoms with E-state index in [-0.39, 0.29) is 13.2 Å². The summed E-state index contributed by atoms with van der Waals surface area (Å²) in [5.41, 5.74) is 1.24. The molecule has 0 unspecified atom stereocenters. The second-order valence-electron chi connectivity index (χ2n) is 6.42. The Labute approximate surface area is 185 Å². The van der Waals surface area contributed by atoms with Gasteiger partial charge in [0.25, 0.3) is 5.91 Å². The van der Waals surface area contributed by atoms with E-state index in [1.807, 2.05) is 49.4 Å². The number of nitrogens with one attached hydrogen (secondary N) is 1. The van der Waals surface area contributed by atoms with Gasteiger partial charge in [-0.2, -0.15) is 0 Å². The van der Waals surface area contributed by atoms with Crippen LogP contribution >= 0.6 is 11.3 Å². The normalized spacial score (nSPS) is 10.4. The van der Waals surface area contributed by atoms with E-state index < -0.39 is 11.9 Å². The van der Waals surface area contributed by atoms with Crippen LogP contribution in [0.25, 0.3) is 11.3 Å². The first-order valence-electron chi connectivity index (χ1n) is 10.00. The zero-order chi connectivity index (χ0) is 22.1. The van der Waals surface area contributed by atoms with Gasteiger partial charge in [0.2, 0.25) is 0 Å². The number of carbonyl (C=O) groups is 2. The van der Waals surface area contributed by atoms with Crippen molar-refractivity contribution < 1.29 is 23.8 Å². The first-order chi connectivity index (χ1) is 15.1. The largest absolute Gasteiger partial charge is 0.490 e. The van der Waals surface area contributed by atoms with Gasteiger partial charge in [0, 0.05) is 5.56 Å². The molecule has 0 spiro atoms. The third-order valence-corrected chi connectivity index (χ3v) is 5.00. The summed E-state index contributed by atoms with van der Waals surface area (Å²) in [7, 11) is 0. The average molecular weight is 441 g/mol. The summed E-state index contributed by atoms with van der Waals surface area (Å²) in [4.78, 5) is 29.6. The fraction of sp³-hybridized carbons (Fsp3) is 0.261. The summed E-state index contributed by atoms with van der Waals surface area (Å²) in [6, 6.07) is 16.5. The predicted octanol–water partition coefficient (Wildman–Crippen LogP) is 4.79. The van der Waals surface area contributed by atoms with Crippen molar-refractivity contribution in [2.45, 2.75) is 20.3 Å². The van der Waals surface area contributed by atoms with Crippen LogP contribution < -0.4 is 14.8 Å². The molecule has 0 bridgehead atoms. The molecule has 3 aromatic rings. The molecule has 31 heavy (non-hydrogen) atoms. The lowest BCUT2D eigenvalue weighted by molar-refractivity contribution is -0.118. The second kappa shape index (κ2) is 11.1. The van der Waals surface area contributed by atoms with Crippen LogP contribution in [0.1, 0.15) is 29.9 Å². The van der Waals surface area contributed by atoms with Gasteiger partial charge in [-0.05, 0) is 25.5 Å². The standard InChI is InChI=1S/C23H24N2O5S/c1-3-14-29-17-12-8-9-13-18(17)30-15-19(26)24-23-25-20(16-10-6-5-7-11-16)21(31-23)22(27)28-4-2/h5-13H,3-4,14-15H2,1-2H3,(H,24,25,26). The monoisotopic (exact) mass is 440 g/mol. The molecular weight excluding hydrogens is 416 g/mol. The highest BCUT2D eigenvalue weighted by Crippen LogP contribution is 2.32. The first kappa shape index (κ1) is 22.3. The van der Waals surface area contributed by atoms with Gasteiger partial charge in [0.15, 0.2) is 23.2 Å². The fourth-order valence-corrected chi connectivity index (χ4v) is 3.60. The van der Waals surface area contributed by atoms with Crippen molar-refractivity contribution in [3.63, 3.8) is 0 Å². The maximum atomic E-state index is 12.4. The minimum absolute atomic E-state index is 0.221. The number of carbonyl (C=O) groups excluding carboxylic acids is 2. The van der Waals surface area contributed by atoms with E-state index in [1.54, 1.807) is 19.1 Å². The zero-order valence-electron chi connectivity index (χ0n) is 17.4. The molecule has 0 aliphatic carbocycles. The molecule has 7 nitrogen and oxygen atoms in total. The molecule has 1 amide bonds. The highest BCUT2D eigenvalue weighted by molar-refractivity contribution is 7.18. The Morgan fingerprint density at radius 1 is 0.968 bits per heavy atom. The Hall–Kier alpha value is -3.39. The summed E-state index contributed by atoms with van der Waals surface area (Å²) < 4.78 is 16.4. The molecule has 0 radical (unpaired) electrons. The van der Waals surface area contributed by atoms with E-state index in [1.165, 1.54) is 0 Å². The topological polar surface area (TPSA) is 86.8 Å². The van der Waals surface area contributed by atoms with Crippen LogP contribution in [0.4, 0.5) is 5.13 Å². The molecule has 162 valence electrons. The minimum atomic E-state index is -0.474. The molecule has 0 aliphatic heterocycles. The highest BCUT2D eigenvalue weighted by Gasteiger charge is 2.21. The maximum absolute atomic E-state index is 12.4. The summed E-state index contributed by atoms with van der Waals surface area (Å²) in [6.07, 6.45) is 0.866. The van der Waals surface area contributed by atoms with Crippen LogP contribution in [-0.2, 0) is 9.53 Å². The molecule has 0 atom stereocenters. The van der Waals surface area contributed by atoms with Crippen molar-refractivity contribution >= 4 is 28.3 Å². The van der Waals surface area contributed by atoms with Crippen LogP contribution in [0.2, 0.25) is 0 Å². The molecule has 2 aromatic carbocycles. The number of nitrogens with zero attached hydrogens (tertiary/aromatic N) is 1. The van der Waals surface area contributed by atoms with E-state index in [4.69, 9.17) is 14.2 Å². The number of thiazole rings is 1. The third-order valence-electron chi connectivity index (χ3n) is 4.05. The second-order valence-corrected chi connectivity index (χ2v) is 7.41. The van der Waals surface area contributed by atoms with Crippen LogP contribution in [0.3, 0.4) is 0 Å². The minimum Gasteiger partial charge on any atom is -0.490 e. The van der Waals surface area contributed by atoms with Crippen LogP contribution in [0, 0.1) is 0 Å². The van der Waals surface area contributed by atoms with E-state index in [2.05, 4.69) is 10.3 Å². The number of anilines is 1. The maximum Gasteiger partial charge on any atom is 0.350 e. The highest BCUT2D eigenvalue weighted by atomic mass is 32.1. The van der Waals surface area contributed by atoms with Gasteiger partial charge in [-0.1, -0.05) is 60.7 Å². The van der Waals surface area contributed by atoms with Crippen LogP contribution in [0.15, 0.2) is 54.6 Å². The molecular formula is C23H24N2O5S. The van der Waals surface area contributed by atoms with Gasteiger partial charge in [-0.25, -0.2) is 9.78 Å². The predicted molar refractivity (Wildman–Crippen MR) is 120 cm³/mol. The SMILES string of the molecule is CCCOc1ccccc1OCC(=O)Nc1nc(-c2ccccc2)c(C(=O)OCC)s1. The smallest absolute Gasteiger partial charge is 0.350 e. The quantitative estimate of drug-likeness (QED) is 0.456. The molecule has 8 heteroatoms. The third kappa shape index (κ3) is 6.05. The van der Waals surface area contributed by atoms with Gasteiger partial charge >= 0.3 is 5.97 Å². The number of benzene rings is 2. The van der Waals surface area contributed by atoms with Gasteiger partial charge < -0.3 is 14.2 Å². The molecule has 0 saturated heterocycles. The number of ether oxygens (including phenoxy) is 3. The van der Waals surface area contributed by atoms with Crippen molar-refractivity contribution in [1.82, 2.24) is 4.98 Å². The molecule has 1 aromatic heterocycles. The van der Waals surface area contributed by atoms with Gasteiger partial charge in [0.1, 0.15) is 4.88 Å². The Kier molecular flexibility index (Phi) is 8.00. The van der Waals surface area contributed by atoms with E-state index in [0.717, 1.165) is 23.3 Å². The molecule has 1 N–H and O–H groups in total. The van der Waals surface area contributed by atoms with E-state index in [9.17, 15) is 9.59 Å². The summed E-state index contributed by atoms with van der Waals surface area (Å²) in [5, 5.41) is 2.99. The van der Waals surface area contributed by atoms with E-state index in [0.29, 0.717) is 33.8 Å². The van der Waals surface area contributed by atoms with E-state index >= 15 is 0 Å². The van der Waals surface area contributed by atoms with Gasteiger partial charge in [-0.3, -0.25) is 10.1 Å². The molecule has 0 aliphatic rings.